The third kappa shape index (κ3) is 3.33. The summed E-state index contributed by atoms with van der Waals surface area (Å²) in [7, 11) is 0. The van der Waals surface area contributed by atoms with Gasteiger partial charge in [0.25, 0.3) is 0 Å². The number of rotatable bonds is 4. The van der Waals surface area contributed by atoms with Crippen molar-refractivity contribution in [2.45, 2.75) is 20.1 Å². The molecule has 5 nitrogen and oxygen atoms in total. The molecule has 0 atom stereocenters. The van der Waals surface area contributed by atoms with E-state index in [0.717, 1.165) is 11.1 Å². The molecule has 0 radical (unpaired) electrons. The summed E-state index contributed by atoms with van der Waals surface area (Å²) in [6.45, 7) is 2.32. The zero-order valence-electron chi connectivity index (χ0n) is 10.5. The van der Waals surface area contributed by atoms with Crippen molar-refractivity contribution in [3.05, 3.63) is 46.4 Å². The lowest BCUT2D eigenvalue weighted by Crippen LogP contribution is -2.07. The lowest BCUT2D eigenvalue weighted by atomic mass is 10.1. The predicted molar refractivity (Wildman–Crippen MR) is 75.9 cm³/mol. The van der Waals surface area contributed by atoms with Crippen molar-refractivity contribution in [3.63, 3.8) is 0 Å². The summed E-state index contributed by atoms with van der Waals surface area (Å²) in [5.74, 6) is 1.08. The van der Waals surface area contributed by atoms with E-state index in [1.165, 1.54) is 0 Å². The summed E-state index contributed by atoms with van der Waals surface area (Å²) >= 11 is 5.90. The summed E-state index contributed by atoms with van der Waals surface area (Å²) in [6, 6.07) is 7.63. The molecule has 0 amide bonds. The molecule has 0 aliphatic carbocycles. The molecule has 0 saturated carbocycles. The molecule has 0 aliphatic rings. The summed E-state index contributed by atoms with van der Waals surface area (Å²) in [5.41, 5.74) is 8.04. The van der Waals surface area contributed by atoms with Crippen molar-refractivity contribution in [2.24, 2.45) is 0 Å². The second kappa shape index (κ2) is 5.86. The normalized spacial score (nSPS) is 10.5. The third-order valence-electron chi connectivity index (χ3n) is 2.64. The Bertz CT molecular complexity index is 589. The van der Waals surface area contributed by atoms with Gasteiger partial charge >= 0.3 is 0 Å². The van der Waals surface area contributed by atoms with Crippen LogP contribution in [0.15, 0.2) is 24.3 Å². The number of hydrogen-bond acceptors (Lipinski definition) is 5. The van der Waals surface area contributed by atoms with Gasteiger partial charge in [-0.05, 0) is 18.1 Å². The number of hydrogen-bond donors (Lipinski definition) is 3. The van der Waals surface area contributed by atoms with Gasteiger partial charge in [-0.1, -0.05) is 35.9 Å². The largest absolute Gasteiger partial charge is 0.393 e. The molecular formula is C13H15ClN4O. The van der Waals surface area contributed by atoms with Crippen LogP contribution in [0.3, 0.4) is 0 Å². The molecule has 2 rings (SSSR count). The predicted octanol–water partition coefficient (Wildman–Crippen LogP) is 2.13. The lowest BCUT2D eigenvalue weighted by Gasteiger charge is -2.10. The molecule has 2 aromatic rings. The summed E-state index contributed by atoms with van der Waals surface area (Å²) in [5, 5.41) is 12.5. The van der Waals surface area contributed by atoms with Crippen molar-refractivity contribution >= 4 is 23.1 Å². The molecule has 6 heteroatoms. The summed E-state index contributed by atoms with van der Waals surface area (Å²) < 4.78 is 0. The molecule has 1 heterocycles. The monoisotopic (exact) mass is 278 g/mol. The maximum absolute atomic E-state index is 9.09. The molecule has 1 aromatic heterocycles. The standard InChI is InChI=1S/C13H15ClN4O/c1-8-17-12(14)11(15)13(18-8)16-6-9-3-2-4-10(5-9)7-19/h2-5,19H,6-7,15H2,1H3,(H,16,17,18). The van der Waals surface area contributed by atoms with Crippen LogP contribution in [0.25, 0.3) is 0 Å². The number of nitrogen functional groups attached to an aromatic ring is 1. The Morgan fingerprint density at radius 3 is 2.79 bits per heavy atom. The van der Waals surface area contributed by atoms with Crippen molar-refractivity contribution in [1.82, 2.24) is 9.97 Å². The van der Waals surface area contributed by atoms with Gasteiger partial charge in [-0.2, -0.15) is 0 Å². The average Bonchev–Trinajstić information content (AvgIpc) is 2.41. The van der Waals surface area contributed by atoms with Gasteiger partial charge in [0, 0.05) is 6.54 Å². The Hall–Kier alpha value is -1.85. The molecule has 0 fully saturated rings. The number of anilines is 2. The van der Waals surface area contributed by atoms with Crippen LogP contribution in [0.5, 0.6) is 0 Å². The van der Waals surface area contributed by atoms with E-state index in [2.05, 4.69) is 15.3 Å². The topological polar surface area (TPSA) is 84.1 Å². The fourth-order valence-electron chi connectivity index (χ4n) is 1.71. The van der Waals surface area contributed by atoms with Gasteiger partial charge < -0.3 is 16.2 Å². The highest BCUT2D eigenvalue weighted by Gasteiger charge is 2.07. The minimum Gasteiger partial charge on any atom is -0.393 e. The van der Waals surface area contributed by atoms with Gasteiger partial charge in [-0.25, -0.2) is 9.97 Å². The van der Waals surface area contributed by atoms with Crippen LogP contribution < -0.4 is 11.1 Å². The van der Waals surface area contributed by atoms with Crippen LogP contribution in [-0.2, 0) is 13.2 Å². The number of aromatic nitrogens is 2. The highest BCUT2D eigenvalue weighted by molar-refractivity contribution is 6.32. The second-order valence-corrected chi connectivity index (χ2v) is 4.51. The van der Waals surface area contributed by atoms with Crippen LogP contribution in [0.2, 0.25) is 5.15 Å². The first-order valence-corrected chi connectivity index (χ1v) is 6.20. The molecule has 0 spiro atoms. The van der Waals surface area contributed by atoms with Gasteiger partial charge in [0.05, 0.1) is 6.61 Å². The summed E-state index contributed by atoms with van der Waals surface area (Å²) in [4.78, 5) is 8.18. The lowest BCUT2D eigenvalue weighted by molar-refractivity contribution is 0.281. The highest BCUT2D eigenvalue weighted by Crippen LogP contribution is 2.23. The van der Waals surface area contributed by atoms with E-state index in [4.69, 9.17) is 22.4 Å². The van der Waals surface area contributed by atoms with E-state index in [0.29, 0.717) is 23.9 Å². The number of aryl methyl sites for hydroxylation is 1. The maximum Gasteiger partial charge on any atom is 0.157 e. The van der Waals surface area contributed by atoms with Crippen LogP contribution in [0, 0.1) is 6.92 Å². The average molecular weight is 279 g/mol. The van der Waals surface area contributed by atoms with Crippen molar-refractivity contribution < 1.29 is 5.11 Å². The van der Waals surface area contributed by atoms with Gasteiger partial charge in [-0.15, -0.1) is 0 Å². The number of aliphatic hydroxyl groups is 1. The van der Waals surface area contributed by atoms with E-state index < -0.39 is 0 Å². The number of benzene rings is 1. The first-order valence-electron chi connectivity index (χ1n) is 5.82. The first kappa shape index (κ1) is 13.6. The Morgan fingerprint density at radius 1 is 1.32 bits per heavy atom. The molecule has 100 valence electrons. The molecule has 0 unspecified atom stereocenters. The Labute approximate surface area is 116 Å². The molecule has 0 aliphatic heterocycles. The Morgan fingerprint density at radius 2 is 2.05 bits per heavy atom. The fraction of sp³-hybridized carbons (Fsp3) is 0.231. The number of nitrogens with one attached hydrogen (secondary N) is 1. The zero-order chi connectivity index (χ0) is 13.8. The molecule has 0 bridgehead atoms. The van der Waals surface area contributed by atoms with Gasteiger partial charge in [0.1, 0.15) is 11.5 Å². The fourth-order valence-corrected chi connectivity index (χ4v) is 1.92. The van der Waals surface area contributed by atoms with E-state index in [1.54, 1.807) is 6.92 Å². The first-order chi connectivity index (χ1) is 9.10. The zero-order valence-corrected chi connectivity index (χ0v) is 11.3. The Balaban J connectivity index is 2.14. The van der Waals surface area contributed by atoms with Crippen molar-refractivity contribution in [1.29, 1.82) is 0 Å². The molecular weight excluding hydrogens is 264 g/mol. The quantitative estimate of drug-likeness (QED) is 0.746. The highest BCUT2D eigenvalue weighted by atomic mass is 35.5. The van der Waals surface area contributed by atoms with E-state index in [-0.39, 0.29) is 11.8 Å². The molecule has 1 aromatic carbocycles. The van der Waals surface area contributed by atoms with Crippen LogP contribution in [-0.4, -0.2) is 15.1 Å². The number of aliphatic hydroxyl groups excluding tert-OH is 1. The van der Waals surface area contributed by atoms with Gasteiger partial charge in [0.15, 0.2) is 11.0 Å². The smallest absolute Gasteiger partial charge is 0.157 e. The number of nitrogens with zero attached hydrogens (tertiary/aromatic N) is 2. The van der Waals surface area contributed by atoms with Crippen molar-refractivity contribution in [3.8, 4) is 0 Å². The summed E-state index contributed by atoms with van der Waals surface area (Å²) in [6.07, 6.45) is 0. The van der Waals surface area contributed by atoms with E-state index >= 15 is 0 Å². The number of nitrogens with two attached hydrogens (primary N) is 1. The van der Waals surface area contributed by atoms with Crippen molar-refractivity contribution in [2.75, 3.05) is 11.1 Å². The third-order valence-corrected chi connectivity index (χ3v) is 2.93. The van der Waals surface area contributed by atoms with E-state index in [1.807, 2.05) is 24.3 Å². The number of halogens is 1. The molecule has 19 heavy (non-hydrogen) atoms. The molecule has 0 saturated heterocycles. The van der Waals surface area contributed by atoms with Gasteiger partial charge in [-0.3, -0.25) is 0 Å². The second-order valence-electron chi connectivity index (χ2n) is 4.16. The molecule has 4 N–H and O–H groups in total. The van der Waals surface area contributed by atoms with Crippen LogP contribution in [0.4, 0.5) is 11.5 Å². The van der Waals surface area contributed by atoms with Gasteiger partial charge in [0.2, 0.25) is 0 Å². The van der Waals surface area contributed by atoms with Crippen LogP contribution >= 0.6 is 11.6 Å². The minimum atomic E-state index is 0.0222. The van der Waals surface area contributed by atoms with E-state index in [9.17, 15) is 0 Å². The minimum absolute atomic E-state index is 0.0222. The Kier molecular flexibility index (Phi) is 4.19. The maximum atomic E-state index is 9.09. The SMILES string of the molecule is Cc1nc(Cl)c(N)c(NCc2cccc(CO)c2)n1. The van der Waals surface area contributed by atoms with Crippen LogP contribution in [0.1, 0.15) is 17.0 Å².